The number of fused-ring (bicyclic) bond motifs is 2. The van der Waals surface area contributed by atoms with Crippen LogP contribution < -0.4 is 34.2 Å². The number of halogens is 1. The summed E-state index contributed by atoms with van der Waals surface area (Å²) in [5.41, 5.74) is 8.08. The molecule has 8 heterocycles. The second-order valence-electron chi connectivity index (χ2n) is 22.0. The second-order valence-corrected chi connectivity index (χ2v) is 34.2. The van der Waals surface area contributed by atoms with Crippen LogP contribution in [0.5, 0.6) is 23.5 Å². The van der Waals surface area contributed by atoms with Crippen LogP contribution in [0.4, 0.5) is 11.6 Å². The Kier molecular flexibility index (Phi) is 21.5. The summed E-state index contributed by atoms with van der Waals surface area (Å²) in [5.74, 6) is 3.43. The summed E-state index contributed by atoms with van der Waals surface area (Å²) in [4.78, 5) is 22.1. The largest absolute Gasteiger partial charge is 0.494 e. The third-order valence-corrected chi connectivity index (χ3v) is 17.6. The van der Waals surface area contributed by atoms with Crippen molar-refractivity contribution in [3.05, 3.63) is 102 Å². The van der Waals surface area contributed by atoms with Crippen LogP contribution in [0.15, 0.2) is 102 Å². The minimum absolute atomic E-state index is 0.148. The standard InChI is InChI=1S/C29H37N5O4Si.C22H29BrN4O2Si.C7H10BNO4/c1-35-27-9-7-23(29(31-27)36-2)21-6-8-25-24(18-21)28(32-34(25)20-38-16-17-39(3,4)5)22-10-11-30-26(19-22)33-12-14-37-15-13-33;1-30(2,3)13-12-29-16-27-20-5-4-18(23)15-19(20)22(25-27)17-6-7-24-21(14-17)26-8-10-28-11-9-26;1-12-6-4-3-5(8(10)11)7(9-6)13-2/h6-11,18-19H,12-17,20H2,1-5H3;4-7,14-15H,8-13,16H2,1-3H3;3-4,10-11H,1-2H3. The first-order valence-electron chi connectivity index (χ1n) is 27.4. The summed E-state index contributed by atoms with van der Waals surface area (Å²) in [7, 11) is 2.20. The van der Waals surface area contributed by atoms with Crippen molar-refractivity contribution in [2.75, 3.05) is 104 Å². The first-order valence-corrected chi connectivity index (χ1v) is 35.6. The van der Waals surface area contributed by atoms with Gasteiger partial charge in [-0.25, -0.2) is 19.3 Å². The Hall–Kier alpha value is -6.48. The third-order valence-electron chi connectivity index (χ3n) is 13.7. The molecule has 0 unspecified atom stereocenters. The molecule has 0 spiro atoms. The van der Waals surface area contributed by atoms with Gasteiger partial charge in [0.1, 0.15) is 36.5 Å². The summed E-state index contributed by atoms with van der Waals surface area (Å²) in [6.45, 7) is 22.8. The van der Waals surface area contributed by atoms with Crippen molar-refractivity contribution < 1.29 is 47.9 Å². The van der Waals surface area contributed by atoms with Crippen LogP contribution in [0, 0.1) is 0 Å². The average molecular weight is 1220 g/mol. The number of morpholine rings is 2. The summed E-state index contributed by atoms with van der Waals surface area (Å²) in [6, 6.07) is 30.0. The summed E-state index contributed by atoms with van der Waals surface area (Å²) in [5, 5.41) is 29.9. The second kappa shape index (κ2) is 28.7. The molecule has 436 valence electrons. The van der Waals surface area contributed by atoms with Gasteiger partial charge < -0.3 is 57.7 Å². The SMILES string of the molecule is COc1ccc(-c2ccc3c(c2)c(-c2ccnc(N4CCOCC4)c2)nn3COCC[Si](C)(C)C)c(OC)n1.COc1ccc(B(O)O)c(OC)n1.C[Si](C)(C)CCOCn1nc(-c2ccnc(N3CCOCC3)c2)c2cc(Br)ccc21. The van der Waals surface area contributed by atoms with Crippen LogP contribution in [0.2, 0.25) is 51.4 Å². The lowest BCUT2D eigenvalue weighted by molar-refractivity contribution is 0.0818. The number of aromatic nitrogens is 8. The molecule has 2 fully saturated rings. The molecule has 0 radical (unpaired) electrons. The van der Waals surface area contributed by atoms with E-state index in [1.165, 1.54) is 26.4 Å². The number of ether oxygens (including phenoxy) is 8. The van der Waals surface area contributed by atoms with E-state index in [0.717, 1.165) is 136 Å². The van der Waals surface area contributed by atoms with Gasteiger partial charge in [0.15, 0.2) is 0 Å². The number of hydrogen-bond acceptors (Lipinski definition) is 18. The maximum absolute atomic E-state index is 8.89. The van der Waals surface area contributed by atoms with E-state index >= 15 is 0 Å². The monoisotopic (exact) mass is 1220 g/mol. The Balaban J connectivity index is 0.000000180. The maximum Gasteiger partial charge on any atom is 0.494 e. The molecular formula is C58H76BBrN10O10Si2. The number of nitrogens with zero attached hydrogens (tertiary/aromatic N) is 10. The van der Waals surface area contributed by atoms with Crippen LogP contribution in [0.3, 0.4) is 0 Å². The average Bonchev–Trinajstić information content (AvgIpc) is 4.27. The van der Waals surface area contributed by atoms with Crippen LogP contribution >= 0.6 is 15.9 Å². The molecule has 2 saturated heterocycles. The Morgan fingerprint density at radius 2 is 1.02 bits per heavy atom. The molecule has 82 heavy (non-hydrogen) atoms. The number of rotatable bonds is 20. The number of methoxy groups -OCH3 is 4. The van der Waals surface area contributed by atoms with E-state index in [2.05, 4.69) is 133 Å². The third kappa shape index (κ3) is 16.4. The zero-order valence-corrected chi connectivity index (χ0v) is 52.3. The van der Waals surface area contributed by atoms with Crippen molar-refractivity contribution in [2.45, 2.75) is 64.8 Å². The van der Waals surface area contributed by atoms with E-state index in [-0.39, 0.29) is 11.3 Å². The molecule has 2 N–H and O–H groups in total. The zero-order chi connectivity index (χ0) is 58.4. The maximum atomic E-state index is 8.89. The normalized spacial score (nSPS) is 13.8. The van der Waals surface area contributed by atoms with Crippen LogP contribution in [-0.2, 0) is 32.4 Å². The highest BCUT2D eigenvalue weighted by molar-refractivity contribution is 9.10. The number of benzene rings is 2. The lowest BCUT2D eigenvalue weighted by Crippen LogP contribution is -2.36. The molecular weight excluding hydrogens is 1140 g/mol. The number of pyridine rings is 4. The molecule has 2 aliphatic heterocycles. The van der Waals surface area contributed by atoms with E-state index in [1.807, 2.05) is 46.0 Å². The molecule has 0 bridgehead atoms. The van der Waals surface area contributed by atoms with Crippen molar-refractivity contribution >= 4 is 78.1 Å². The van der Waals surface area contributed by atoms with Gasteiger partial charge in [0.05, 0.1) is 65.9 Å². The van der Waals surface area contributed by atoms with Gasteiger partial charge in [-0.05, 0) is 78.3 Å². The smallest absolute Gasteiger partial charge is 0.481 e. The van der Waals surface area contributed by atoms with Gasteiger partial charge in [-0.2, -0.15) is 20.2 Å². The van der Waals surface area contributed by atoms with E-state index in [4.69, 9.17) is 58.1 Å². The molecule has 0 atom stereocenters. The Morgan fingerprint density at radius 3 is 1.50 bits per heavy atom. The zero-order valence-electron chi connectivity index (χ0n) is 48.7. The van der Waals surface area contributed by atoms with E-state index in [0.29, 0.717) is 44.3 Å². The predicted octanol–water partition coefficient (Wildman–Crippen LogP) is 9.11. The van der Waals surface area contributed by atoms with E-state index in [9.17, 15) is 0 Å². The fraction of sp³-hybridized carbons (Fsp3) is 0.414. The van der Waals surface area contributed by atoms with Crippen molar-refractivity contribution in [3.63, 3.8) is 0 Å². The van der Waals surface area contributed by atoms with Gasteiger partial charge in [0.2, 0.25) is 23.5 Å². The molecule has 6 aromatic heterocycles. The van der Waals surface area contributed by atoms with Gasteiger partial charge in [0, 0.05) is 117 Å². The summed E-state index contributed by atoms with van der Waals surface area (Å²) >= 11 is 3.61. The highest BCUT2D eigenvalue weighted by Crippen LogP contribution is 2.37. The van der Waals surface area contributed by atoms with Crippen LogP contribution in [0.25, 0.3) is 55.4 Å². The van der Waals surface area contributed by atoms with Crippen molar-refractivity contribution in [2.24, 2.45) is 0 Å². The molecule has 2 aromatic carbocycles. The molecule has 0 amide bonds. The quantitative estimate of drug-likeness (QED) is 0.0539. The van der Waals surface area contributed by atoms with Gasteiger partial charge in [-0.1, -0.05) is 67.3 Å². The van der Waals surface area contributed by atoms with Crippen molar-refractivity contribution in [1.82, 2.24) is 39.5 Å². The molecule has 0 saturated carbocycles. The summed E-state index contributed by atoms with van der Waals surface area (Å²) in [6.07, 6.45) is 3.73. The Labute approximate surface area is 490 Å². The molecule has 2 aliphatic rings. The van der Waals surface area contributed by atoms with Crippen molar-refractivity contribution in [3.8, 4) is 57.2 Å². The number of hydrogen-bond donors (Lipinski definition) is 2. The predicted molar refractivity (Wildman–Crippen MR) is 331 cm³/mol. The fourth-order valence-electron chi connectivity index (χ4n) is 9.06. The topological polar surface area (TPSA) is 208 Å². The Morgan fingerprint density at radius 1 is 0.549 bits per heavy atom. The molecule has 8 aromatic rings. The lowest BCUT2D eigenvalue weighted by Gasteiger charge is -2.27. The molecule has 24 heteroatoms. The molecule has 0 aliphatic carbocycles. The van der Waals surface area contributed by atoms with E-state index < -0.39 is 23.3 Å². The van der Waals surface area contributed by atoms with Gasteiger partial charge >= 0.3 is 7.12 Å². The van der Waals surface area contributed by atoms with Gasteiger partial charge in [-0.15, -0.1) is 0 Å². The van der Waals surface area contributed by atoms with Crippen LogP contribution in [-0.4, -0.2) is 167 Å². The first-order chi connectivity index (χ1) is 39.4. The molecule has 20 nitrogen and oxygen atoms in total. The van der Waals surface area contributed by atoms with Gasteiger partial charge in [-0.3, -0.25) is 0 Å². The fourth-order valence-corrected chi connectivity index (χ4v) is 10.9. The Bertz CT molecular complexity index is 3370. The highest BCUT2D eigenvalue weighted by atomic mass is 79.9. The first kappa shape index (κ1) is 61.6. The van der Waals surface area contributed by atoms with Crippen LogP contribution in [0.1, 0.15) is 0 Å². The lowest BCUT2D eigenvalue weighted by atomic mass is 9.81. The van der Waals surface area contributed by atoms with Gasteiger partial charge in [0.25, 0.3) is 0 Å². The highest BCUT2D eigenvalue weighted by Gasteiger charge is 2.22. The minimum Gasteiger partial charge on any atom is -0.481 e. The minimum atomic E-state index is -1.59. The van der Waals surface area contributed by atoms with E-state index in [1.54, 1.807) is 14.2 Å². The number of anilines is 2. The summed E-state index contributed by atoms with van der Waals surface area (Å²) < 4.78 is 48.6. The van der Waals surface area contributed by atoms with Crippen molar-refractivity contribution in [1.29, 1.82) is 0 Å². The molecule has 10 rings (SSSR count).